The lowest BCUT2D eigenvalue weighted by molar-refractivity contribution is 0.470. The van der Waals surface area contributed by atoms with Gasteiger partial charge in [0.2, 0.25) is 0 Å². The summed E-state index contributed by atoms with van der Waals surface area (Å²) in [4.78, 5) is 0. The van der Waals surface area contributed by atoms with Crippen molar-refractivity contribution in [3.63, 3.8) is 0 Å². The first-order chi connectivity index (χ1) is 10.1. The Balaban J connectivity index is 1.91. The second-order valence-corrected chi connectivity index (χ2v) is 5.62. The predicted octanol–water partition coefficient (Wildman–Crippen LogP) is 5.06. The molecule has 0 aliphatic rings. The monoisotopic (exact) mass is 345 g/mol. The zero-order chi connectivity index (χ0) is 14.8. The van der Waals surface area contributed by atoms with Crippen LogP contribution in [0.2, 0.25) is 0 Å². The summed E-state index contributed by atoms with van der Waals surface area (Å²) in [6.45, 7) is 0.425. The van der Waals surface area contributed by atoms with Crippen LogP contribution in [0.1, 0.15) is 5.56 Å². The summed E-state index contributed by atoms with van der Waals surface area (Å²) in [6, 6.07) is 16.3. The number of hydrogen-bond acceptors (Lipinski definition) is 2. The van der Waals surface area contributed by atoms with Crippen LogP contribution in [0, 0.1) is 5.82 Å². The van der Waals surface area contributed by atoms with Crippen LogP contribution in [0.3, 0.4) is 0 Å². The zero-order valence-electron chi connectivity index (χ0n) is 11.1. The molecule has 0 saturated carbocycles. The highest BCUT2D eigenvalue weighted by molar-refractivity contribution is 9.10. The van der Waals surface area contributed by atoms with Crippen molar-refractivity contribution < 1.29 is 9.50 Å². The third-order valence-electron chi connectivity index (χ3n) is 3.40. The maximum absolute atomic E-state index is 13.5. The number of hydrogen-bond donors (Lipinski definition) is 2. The zero-order valence-corrected chi connectivity index (χ0v) is 12.7. The number of fused-ring (bicyclic) bond motifs is 1. The standard InChI is InChI=1S/C17H13BrFNO/c18-15-7-6-12(9-16(15)19)20-10-14-13-4-2-1-3-11(13)5-8-17(14)21/h1-9,20-21H,10H2. The molecule has 0 bridgehead atoms. The van der Waals surface area contributed by atoms with Gasteiger partial charge in [-0.15, -0.1) is 0 Å². The molecule has 3 rings (SSSR count). The topological polar surface area (TPSA) is 32.3 Å². The molecule has 0 spiro atoms. The van der Waals surface area contributed by atoms with Gasteiger partial charge in [0.25, 0.3) is 0 Å². The molecule has 21 heavy (non-hydrogen) atoms. The molecule has 0 unspecified atom stereocenters. The quantitative estimate of drug-likeness (QED) is 0.695. The number of anilines is 1. The molecule has 3 aromatic rings. The fourth-order valence-electron chi connectivity index (χ4n) is 2.31. The van der Waals surface area contributed by atoms with E-state index in [9.17, 15) is 9.50 Å². The molecule has 0 aliphatic heterocycles. The normalized spacial score (nSPS) is 10.8. The van der Waals surface area contributed by atoms with Gasteiger partial charge in [0.15, 0.2) is 0 Å². The SMILES string of the molecule is Oc1ccc2ccccc2c1CNc1ccc(Br)c(F)c1. The predicted molar refractivity (Wildman–Crippen MR) is 87.0 cm³/mol. The maximum Gasteiger partial charge on any atom is 0.139 e. The molecule has 0 aromatic heterocycles. The molecule has 3 aromatic carbocycles. The fraction of sp³-hybridized carbons (Fsp3) is 0.0588. The maximum atomic E-state index is 13.5. The van der Waals surface area contributed by atoms with Crippen molar-refractivity contribution in [1.29, 1.82) is 0 Å². The van der Waals surface area contributed by atoms with Gasteiger partial charge in [-0.05, 0) is 51.0 Å². The molecule has 0 saturated heterocycles. The largest absolute Gasteiger partial charge is 0.508 e. The number of phenolic OH excluding ortho intramolecular Hbond substituents is 1. The average Bonchev–Trinajstić information content (AvgIpc) is 2.50. The van der Waals surface area contributed by atoms with Crippen LogP contribution in [0.5, 0.6) is 5.75 Å². The van der Waals surface area contributed by atoms with Gasteiger partial charge in [-0.3, -0.25) is 0 Å². The third kappa shape index (κ3) is 2.85. The van der Waals surface area contributed by atoms with Crippen molar-refractivity contribution in [3.8, 4) is 5.75 Å². The van der Waals surface area contributed by atoms with E-state index in [2.05, 4.69) is 21.2 Å². The van der Waals surface area contributed by atoms with Crippen LogP contribution < -0.4 is 5.32 Å². The lowest BCUT2D eigenvalue weighted by Gasteiger charge is -2.11. The van der Waals surface area contributed by atoms with Crippen LogP contribution in [0.15, 0.2) is 59.1 Å². The van der Waals surface area contributed by atoms with Crippen molar-refractivity contribution >= 4 is 32.4 Å². The molecule has 2 nitrogen and oxygen atoms in total. The second kappa shape index (κ2) is 5.74. The first-order valence-corrected chi connectivity index (χ1v) is 7.33. The van der Waals surface area contributed by atoms with E-state index in [0.29, 0.717) is 16.7 Å². The van der Waals surface area contributed by atoms with Gasteiger partial charge < -0.3 is 10.4 Å². The number of aromatic hydroxyl groups is 1. The van der Waals surface area contributed by atoms with Crippen molar-refractivity contribution in [3.05, 3.63) is 70.5 Å². The summed E-state index contributed by atoms with van der Waals surface area (Å²) in [7, 11) is 0. The number of phenols is 1. The molecule has 0 fully saturated rings. The summed E-state index contributed by atoms with van der Waals surface area (Å²) < 4.78 is 13.9. The van der Waals surface area contributed by atoms with Gasteiger partial charge in [0.05, 0.1) is 4.47 Å². The first kappa shape index (κ1) is 13.9. The molecule has 0 radical (unpaired) electrons. The van der Waals surface area contributed by atoms with E-state index >= 15 is 0 Å². The molecular formula is C17H13BrFNO. The molecular weight excluding hydrogens is 333 g/mol. The van der Waals surface area contributed by atoms with E-state index < -0.39 is 0 Å². The van der Waals surface area contributed by atoms with Gasteiger partial charge in [0.1, 0.15) is 11.6 Å². The third-order valence-corrected chi connectivity index (χ3v) is 4.05. The Hall–Kier alpha value is -2.07. The number of nitrogens with one attached hydrogen (secondary N) is 1. The van der Waals surface area contributed by atoms with Crippen LogP contribution in [0.4, 0.5) is 10.1 Å². The van der Waals surface area contributed by atoms with Gasteiger partial charge in [-0.1, -0.05) is 30.3 Å². The Kier molecular flexibility index (Phi) is 3.80. The van der Waals surface area contributed by atoms with Crippen molar-refractivity contribution in [2.24, 2.45) is 0 Å². The number of benzene rings is 3. The molecule has 0 heterocycles. The van der Waals surface area contributed by atoms with E-state index in [-0.39, 0.29) is 11.6 Å². The minimum Gasteiger partial charge on any atom is -0.508 e. The summed E-state index contributed by atoms with van der Waals surface area (Å²) in [6.07, 6.45) is 0. The molecule has 106 valence electrons. The van der Waals surface area contributed by atoms with Gasteiger partial charge in [-0.2, -0.15) is 0 Å². The lowest BCUT2D eigenvalue weighted by atomic mass is 10.0. The van der Waals surface area contributed by atoms with E-state index in [1.165, 1.54) is 6.07 Å². The van der Waals surface area contributed by atoms with Gasteiger partial charge in [-0.25, -0.2) is 4.39 Å². The highest BCUT2D eigenvalue weighted by Crippen LogP contribution is 2.28. The van der Waals surface area contributed by atoms with Crippen LogP contribution >= 0.6 is 15.9 Å². The van der Waals surface area contributed by atoms with Gasteiger partial charge >= 0.3 is 0 Å². The Morgan fingerprint density at radius 2 is 1.86 bits per heavy atom. The summed E-state index contributed by atoms with van der Waals surface area (Å²) in [5.74, 6) is -0.0825. The average molecular weight is 346 g/mol. The fourth-order valence-corrected chi connectivity index (χ4v) is 2.55. The second-order valence-electron chi connectivity index (χ2n) is 4.77. The molecule has 0 atom stereocenters. The molecule has 0 aliphatic carbocycles. The summed E-state index contributed by atoms with van der Waals surface area (Å²) in [5, 5.41) is 15.3. The van der Waals surface area contributed by atoms with E-state index in [4.69, 9.17) is 0 Å². The summed E-state index contributed by atoms with van der Waals surface area (Å²) in [5.41, 5.74) is 1.47. The van der Waals surface area contributed by atoms with E-state index in [1.54, 1.807) is 18.2 Å². The molecule has 2 N–H and O–H groups in total. The van der Waals surface area contributed by atoms with Crippen LogP contribution in [-0.2, 0) is 6.54 Å². The van der Waals surface area contributed by atoms with Crippen LogP contribution in [0.25, 0.3) is 10.8 Å². The molecule has 0 amide bonds. The van der Waals surface area contributed by atoms with Gasteiger partial charge in [0, 0.05) is 17.8 Å². The smallest absolute Gasteiger partial charge is 0.139 e. The highest BCUT2D eigenvalue weighted by Gasteiger charge is 2.07. The van der Waals surface area contributed by atoms with E-state index in [1.807, 2.05) is 30.3 Å². The van der Waals surface area contributed by atoms with Crippen molar-refractivity contribution in [1.82, 2.24) is 0 Å². The Morgan fingerprint density at radius 1 is 1.05 bits per heavy atom. The minimum absolute atomic E-state index is 0.235. The highest BCUT2D eigenvalue weighted by atomic mass is 79.9. The Bertz CT molecular complexity index is 804. The van der Waals surface area contributed by atoms with Crippen LogP contribution in [-0.4, -0.2) is 5.11 Å². The number of halogens is 2. The number of rotatable bonds is 3. The molecule has 4 heteroatoms. The van der Waals surface area contributed by atoms with Crippen molar-refractivity contribution in [2.45, 2.75) is 6.54 Å². The lowest BCUT2D eigenvalue weighted by Crippen LogP contribution is -2.01. The first-order valence-electron chi connectivity index (χ1n) is 6.53. The van der Waals surface area contributed by atoms with Crippen molar-refractivity contribution in [2.75, 3.05) is 5.32 Å². The Labute approximate surface area is 130 Å². The Morgan fingerprint density at radius 3 is 2.67 bits per heavy atom. The summed E-state index contributed by atoms with van der Waals surface area (Å²) >= 11 is 3.13. The minimum atomic E-state index is -0.317. The van der Waals surface area contributed by atoms with E-state index in [0.717, 1.165) is 16.3 Å².